The molecule has 0 aromatic heterocycles. The standard InChI is InChI=1S/C13H19ClFNO/c1-3-13(16,4-2)9-17-8-10-5-6-11(14)12(15)7-10/h5-7H,3-4,8-9,16H2,1-2H3. The molecule has 0 spiro atoms. The molecule has 0 heterocycles. The predicted molar refractivity (Wildman–Crippen MR) is 68.6 cm³/mol. The van der Waals surface area contributed by atoms with E-state index in [0.29, 0.717) is 13.2 Å². The van der Waals surface area contributed by atoms with Gasteiger partial charge in [-0.05, 0) is 30.5 Å². The molecule has 0 aliphatic carbocycles. The Morgan fingerprint density at radius 3 is 2.53 bits per heavy atom. The molecule has 0 bridgehead atoms. The number of ether oxygens (including phenoxy) is 1. The van der Waals surface area contributed by atoms with Crippen molar-refractivity contribution in [3.63, 3.8) is 0 Å². The predicted octanol–water partition coefficient (Wildman–Crippen LogP) is 3.51. The Bertz CT molecular complexity index is 366. The summed E-state index contributed by atoms with van der Waals surface area (Å²) in [6.45, 7) is 4.90. The van der Waals surface area contributed by atoms with Gasteiger partial charge in [-0.3, -0.25) is 0 Å². The molecular formula is C13H19ClFNO. The number of halogens is 2. The van der Waals surface area contributed by atoms with Crippen LogP contribution >= 0.6 is 11.6 Å². The summed E-state index contributed by atoms with van der Waals surface area (Å²) in [4.78, 5) is 0. The van der Waals surface area contributed by atoms with Crippen molar-refractivity contribution < 1.29 is 9.13 Å². The van der Waals surface area contributed by atoms with Gasteiger partial charge in [-0.1, -0.05) is 31.5 Å². The smallest absolute Gasteiger partial charge is 0.142 e. The van der Waals surface area contributed by atoms with Gasteiger partial charge >= 0.3 is 0 Å². The van der Waals surface area contributed by atoms with Gasteiger partial charge in [-0.25, -0.2) is 4.39 Å². The Morgan fingerprint density at radius 1 is 1.35 bits per heavy atom. The molecule has 0 radical (unpaired) electrons. The lowest BCUT2D eigenvalue weighted by atomic mass is 9.96. The third-order valence-electron chi connectivity index (χ3n) is 3.05. The molecular weight excluding hydrogens is 241 g/mol. The molecule has 0 saturated carbocycles. The van der Waals surface area contributed by atoms with Gasteiger partial charge in [-0.15, -0.1) is 0 Å². The van der Waals surface area contributed by atoms with Crippen LogP contribution in [0.1, 0.15) is 32.3 Å². The largest absolute Gasteiger partial charge is 0.375 e. The van der Waals surface area contributed by atoms with Crippen LogP contribution in [0.4, 0.5) is 4.39 Å². The Morgan fingerprint density at radius 2 is 2.00 bits per heavy atom. The minimum Gasteiger partial charge on any atom is -0.375 e. The molecule has 4 heteroatoms. The van der Waals surface area contributed by atoms with E-state index in [2.05, 4.69) is 0 Å². The molecule has 1 rings (SSSR count). The maximum atomic E-state index is 13.2. The van der Waals surface area contributed by atoms with Gasteiger partial charge in [0.1, 0.15) is 5.82 Å². The summed E-state index contributed by atoms with van der Waals surface area (Å²) in [5, 5.41) is 0.129. The fourth-order valence-corrected chi connectivity index (χ4v) is 1.57. The second-order valence-electron chi connectivity index (χ2n) is 4.31. The number of rotatable bonds is 6. The van der Waals surface area contributed by atoms with E-state index in [-0.39, 0.29) is 10.6 Å². The summed E-state index contributed by atoms with van der Waals surface area (Å²) in [5.74, 6) is -0.419. The highest BCUT2D eigenvalue weighted by molar-refractivity contribution is 6.30. The van der Waals surface area contributed by atoms with E-state index in [4.69, 9.17) is 22.1 Å². The Labute approximate surface area is 107 Å². The Kier molecular flexibility index (Phi) is 5.37. The molecule has 0 atom stereocenters. The second-order valence-corrected chi connectivity index (χ2v) is 4.72. The summed E-state index contributed by atoms with van der Waals surface area (Å²) in [5.41, 5.74) is 6.57. The Balaban J connectivity index is 2.48. The van der Waals surface area contributed by atoms with Crippen LogP contribution < -0.4 is 5.73 Å². The monoisotopic (exact) mass is 259 g/mol. The normalized spacial score (nSPS) is 11.8. The van der Waals surface area contributed by atoms with Gasteiger partial charge in [0.05, 0.1) is 18.2 Å². The van der Waals surface area contributed by atoms with Crippen molar-refractivity contribution in [1.82, 2.24) is 0 Å². The van der Waals surface area contributed by atoms with E-state index in [9.17, 15) is 4.39 Å². The van der Waals surface area contributed by atoms with Gasteiger partial charge in [0.2, 0.25) is 0 Å². The van der Waals surface area contributed by atoms with Crippen LogP contribution in [-0.4, -0.2) is 12.1 Å². The average Bonchev–Trinajstić information content (AvgIpc) is 2.33. The lowest BCUT2D eigenvalue weighted by Gasteiger charge is -2.26. The van der Waals surface area contributed by atoms with E-state index in [1.165, 1.54) is 12.1 Å². The molecule has 0 amide bonds. The molecule has 17 heavy (non-hydrogen) atoms. The van der Waals surface area contributed by atoms with E-state index in [1.54, 1.807) is 6.07 Å². The van der Waals surface area contributed by atoms with Crippen LogP contribution in [0.2, 0.25) is 5.02 Å². The van der Waals surface area contributed by atoms with E-state index < -0.39 is 5.82 Å². The summed E-state index contributed by atoms with van der Waals surface area (Å²) in [7, 11) is 0. The molecule has 2 N–H and O–H groups in total. The van der Waals surface area contributed by atoms with Crippen LogP contribution in [0, 0.1) is 5.82 Å². The molecule has 96 valence electrons. The summed E-state index contributed by atoms with van der Waals surface area (Å²) in [6.07, 6.45) is 1.72. The Hall–Kier alpha value is -0.640. The van der Waals surface area contributed by atoms with E-state index in [0.717, 1.165) is 18.4 Å². The van der Waals surface area contributed by atoms with Crippen LogP contribution in [-0.2, 0) is 11.3 Å². The highest BCUT2D eigenvalue weighted by Gasteiger charge is 2.20. The summed E-state index contributed by atoms with van der Waals surface area (Å²) < 4.78 is 18.7. The summed E-state index contributed by atoms with van der Waals surface area (Å²) in [6, 6.07) is 4.67. The van der Waals surface area contributed by atoms with E-state index >= 15 is 0 Å². The minimum atomic E-state index is -0.419. The van der Waals surface area contributed by atoms with Crippen molar-refractivity contribution in [2.24, 2.45) is 5.73 Å². The van der Waals surface area contributed by atoms with Crippen molar-refractivity contribution in [3.05, 3.63) is 34.6 Å². The van der Waals surface area contributed by atoms with Crippen molar-refractivity contribution in [2.75, 3.05) is 6.61 Å². The van der Waals surface area contributed by atoms with Crippen LogP contribution in [0.3, 0.4) is 0 Å². The zero-order valence-electron chi connectivity index (χ0n) is 10.3. The van der Waals surface area contributed by atoms with Gasteiger partial charge in [0.25, 0.3) is 0 Å². The zero-order chi connectivity index (χ0) is 12.9. The third kappa shape index (κ3) is 4.26. The van der Waals surface area contributed by atoms with Gasteiger partial charge in [0.15, 0.2) is 0 Å². The lowest BCUT2D eigenvalue weighted by Crippen LogP contribution is -2.43. The molecule has 0 aliphatic heterocycles. The number of benzene rings is 1. The first-order valence-corrected chi connectivity index (χ1v) is 6.19. The van der Waals surface area contributed by atoms with Crippen molar-refractivity contribution in [2.45, 2.75) is 38.8 Å². The average molecular weight is 260 g/mol. The maximum Gasteiger partial charge on any atom is 0.142 e. The second kappa shape index (κ2) is 6.34. The van der Waals surface area contributed by atoms with Crippen molar-refractivity contribution in [1.29, 1.82) is 0 Å². The maximum absolute atomic E-state index is 13.2. The number of nitrogens with two attached hydrogens (primary N) is 1. The molecule has 0 aliphatic rings. The van der Waals surface area contributed by atoms with Crippen molar-refractivity contribution in [3.8, 4) is 0 Å². The minimum absolute atomic E-state index is 0.129. The first kappa shape index (κ1) is 14.4. The first-order valence-electron chi connectivity index (χ1n) is 5.81. The molecule has 1 aromatic rings. The quantitative estimate of drug-likeness (QED) is 0.849. The molecule has 2 nitrogen and oxygen atoms in total. The molecule has 0 unspecified atom stereocenters. The lowest BCUT2D eigenvalue weighted by molar-refractivity contribution is 0.0695. The fourth-order valence-electron chi connectivity index (χ4n) is 1.46. The van der Waals surface area contributed by atoms with Crippen molar-refractivity contribution >= 4 is 11.6 Å². The fraction of sp³-hybridized carbons (Fsp3) is 0.538. The molecule has 0 saturated heterocycles. The molecule has 1 aromatic carbocycles. The molecule has 0 fully saturated rings. The van der Waals surface area contributed by atoms with Gasteiger partial charge in [0, 0.05) is 5.54 Å². The van der Waals surface area contributed by atoms with Crippen LogP contribution in [0.5, 0.6) is 0 Å². The van der Waals surface area contributed by atoms with Crippen LogP contribution in [0.15, 0.2) is 18.2 Å². The number of hydrogen-bond acceptors (Lipinski definition) is 2. The van der Waals surface area contributed by atoms with Gasteiger partial charge < -0.3 is 10.5 Å². The zero-order valence-corrected chi connectivity index (χ0v) is 11.1. The summed E-state index contributed by atoms with van der Waals surface area (Å²) >= 11 is 5.60. The SMILES string of the molecule is CCC(N)(CC)COCc1ccc(Cl)c(F)c1. The number of hydrogen-bond donors (Lipinski definition) is 1. The third-order valence-corrected chi connectivity index (χ3v) is 3.36. The first-order chi connectivity index (χ1) is 8.00. The highest BCUT2D eigenvalue weighted by Crippen LogP contribution is 2.17. The van der Waals surface area contributed by atoms with Gasteiger partial charge in [-0.2, -0.15) is 0 Å². The van der Waals surface area contributed by atoms with Crippen LogP contribution in [0.25, 0.3) is 0 Å². The topological polar surface area (TPSA) is 35.2 Å². The van der Waals surface area contributed by atoms with E-state index in [1.807, 2.05) is 13.8 Å². The highest BCUT2D eigenvalue weighted by atomic mass is 35.5.